The predicted octanol–water partition coefficient (Wildman–Crippen LogP) is 4.45. The Labute approximate surface area is 192 Å². The van der Waals surface area contributed by atoms with Gasteiger partial charge in [0.15, 0.2) is 5.69 Å². The standard InChI is InChI=1S/C21H14Cl3N5O2/c1-11-3-5-14(8-17(11)23)29-21(31)15(9-25)12(2)19(28-29)20(30)27-26-10-13-4-6-16(22)18(24)7-13/h3-8,10H,1-2H3,(H,27,30)/b26-10+. The average Bonchev–Trinajstić information content (AvgIpc) is 2.73. The predicted molar refractivity (Wildman–Crippen MR) is 121 cm³/mol. The Kier molecular flexibility index (Phi) is 6.76. The van der Waals surface area contributed by atoms with E-state index in [0.29, 0.717) is 26.3 Å². The normalized spacial score (nSPS) is 10.8. The fourth-order valence-electron chi connectivity index (χ4n) is 2.65. The molecular weight excluding hydrogens is 461 g/mol. The number of carbonyl (C=O) groups excluding carboxylic acids is 1. The topological polar surface area (TPSA) is 100 Å². The molecule has 0 aliphatic rings. The molecule has 1 aromatic heterocycles. The van der Waals surface area contributed by atoms with Crippen molar-refractivity contribution in [1.29, 1.82) is 5.26 Å². The molecule has 1 heterocycles. The zero-order valence-electron chi connectivity index (χ0n) is 16.3. The van der Waals surface area contributed by atoms with E-state index >= 15 is 0 Å². The van der Waals surface area contributed by atoms with Gasteiger partial charge in [-0.3, -0.25) is 9.59 Å². The van der Waals surface area contributed by atoms with Gasteiger partial charge in [0, 0.05) is 10.6 Å². The summed E-state index contributed by atoms with van der Waals surface area (Å²) in [6.07, 6.45) is 1.37. The van der Waals surface area contributed by atoms with Gasteiger partial charge in [0.2, 0.25) is 0 Å². The van der Waals surface area contributed by atoms with Crippen LogP contribution in [-0.2, 0) is 0 Å². The maximum Gasteiger partial charge on any atom is 0.292 e. The van der Waals surface area contributed by atoms with Crippen molar-refractivity contribution in [3.63, 3.8) is 0 Å². The van der Waals surface area contributed by atoms with Crippen LogP contribution < -0.4 is 11.0 Å². The fourth-order valence-corrected chi connectivity index (χ4v) is 3.13. The van der Waals surface area contributed by atoms with Crippen LogP contribution in [0, 0.1) is 25.2 Å². The van der Waals surface area contributed by atoms with E-state index in [1.165, 1.54) is 19.2 Å². The highest BCUT2D eigenvalue weighted by Crippen LogP contribution is 2.22. The van der Waals surface area contributed by atoms with Crippen molar-refractivity contribution >= 4 is 46.9 Å². The summed E-state index contributed by atoms with van der Waals surface area (Å²) in [4.78, 5) is 25.4. The monoisotopic (exact) mass is 473 g/mol. The van der Waals surface area contributed by atoms with E-state index in [2.05, 4.69) is 15.6 Å². The molecule has 1 N–H and O–H groups in total. The van der Waals surface area contributed by atoms with Crippen LogP contribution in [0.4, 0.5) is 0 Å². The van der Waals surface area contributed by atoms with Crippen molar-refractivity contribution < 1.29 is 4.79 Å². The smallest absolute Gasteiger partial charge is 0.266 e. The number of halogens is 3. The zero-order chi connectivity index (χ0) is 22.7. The molecule has 1 amide bonds. The number of hydrogen-bond donors (Lipinski definition) is 1. The van der Waals surface area contributed by atoms with Crippen molar-refractivity contribution in [2.75, 3.05) is 0 Å². The van der Waals surface area contributed by atoms with Crippen LogP contribution in [-0.4, -0.2) is 21.9 Å². The lowest BCUT2D eigenvalue weighted by Gasteiger charge is -2.11. The fraction of sp³-hybridized carbons (Fsp3) is 0.0952. The Hall–Kier alpha value is -3.18. The van der Waals surface area contributed by atoms with Gasteiger partial charge in [-0.25, -0.2) is 5.43 Å². The molecule has 0 unspecified atom stereocenters. The molecule has 0 fully saturated rings. The van der Waals surface area contributed by atoms with E-state index < -0.39 is 11.5 Å². The highest BCUT2D eigenvalue weighted by Gasteiger charge is 2.20. The lowest BCUT2D eigenvalue weighted by atomic mass is 10.1. The van der Waals surface area contributed by atoms with Crippen LogP contribution in [0.15, 0.2) is 46.3 Å². The van der Waals surface area contributed by atoms with Crippen LogP contribution in [0.5, 0.6) is 0 Å². The van der Waals surface area contributed by atoms with Crippen molar-refractivity contribution in [3.05, 3.63) is 89.8 Å². The molecule has 0 saturated heterocycles. The van der Waals surface area contributed by atoms with E-state index in [4.69, 9.17) is 34.8 Å². The van der Waals surface area contributed by atoms with E-state index in [9.17, 15) is 14.9 Å². The molecule has 0 aliphatic carbocycles. The number of benzene rings is 2. The number of hydrazone groups is 1. The molecule has 0 atom stereocenters. The maximum absolute atomic E-state index is 12.7. The van der Waals surface area contributed by atoms with Gasteiger partial charge in [-0.2, -0.15) is 20.1 Å². The van der Waals surface area contributed by atoms with Crippen LogP contribution in [0.2, 0.25) is 15.1 Å². The Balaban J connectivity index is 1.98. The summed E-state index contributed by atoms with van der Waals surface area (Å²) in [5, 5.41) is 18.6. The van der Waals surface area contributed by atoms with Gasteiger partial charge in [0.05, 0.1) is 21.9 Å². The summed E-state index contributed by atoms with van der Waals surface area (Å²) < 4.78 is 0.967. The summed E-state index contributed by atoms with van der Waals surface area (Å²) in [7, 11) is 0. The second-order valence-corrected chi connectivity index (χ2v) is 7.71. The molecule has 0 bridgehead atoms. The SMILES string of the molecule is Cc1ccc(-n2nc(C(=O)N/N=C/c3ccc(Cl)c(Cl)c3)c(C)c(C#N)c2=O)cc1Cl. The Morgan fingerprint density at radius 1 is 1.13 bits per heavy atom. The third-order valence-electron chi connectivity index (χ3n) is 4.39. The van der Waals surface area contributed by atoms with Gasteiger partial charge in [-0.1, -0.05) is 46.9 Å². The molecule has 0 saturated carbocycles. The summed E-state index contributed by atoms with van der Waals surface area (Å²) in [6, 6.07) is 11.5. The number of rotatable bonds is 4. The highest BCUT2D eigenvalue weighted by atomic mass is 35.5. The number of nitriles is 1. The Bertz CT molecular complexity index is 1330. The Morgan fingerprint density at radius 3 is 2.52 bits per heavy atom. The van der Waals surface area contributed by atoms with Crippen LogP contribution in [0.3, 0.4) is 0 Å². The van der Waals surface area contributed by atoms with Gasteiger partial charge in [-0.15, -0.1) is 0 Å². The van der Waals surface area contributed by atoms with Gasteiger partial charge in [-0.05, 0) is 49.2 Å². The van der Waals surface area contributed by atoms with Crippen LogP contribution in [0.1, 0.15) is 32.7 Å². The van der Waals surface area contributed by atoms with Crippen LogP contribution >= 0.6 is 34.8 Å². The number of carbonyl (C=O) groups is 1. The van der Waals surface area contributed by atoms with Crippen LogP contribution in [0.25, 0.3) is 5.69 Å². The number of aryl methyl sites for hydroxylation is 1. The molecule has 3 rings (SSSR count). The molecule has 3 aromatic rings. The van der Waals surface area contributed by atoms with Gasteiger partial charge in [0.25, 0.3) is 11.5 Å². The lowest BCUT2D eigenvalue weighted by molar-refractivity contribution is 0.0947. The second-order valence-electron chi connectivity index (χ2n) is 6.48. The van der Waals surface area contributed by atoms with Gasteiger partial charge in [0.1, 0.15) is 11.6 Å². The quantitative estimate of drug-likeness (QED) is 0.446. The second kappa shape index (κ2) is 9.31. The maximum atomic E-state index is 12.7. The first-order valence-electron chi connectivity index (χ1n) is 8.82. The Morgan fingerprint density at radius 2 is 1.87 bits per heavy atom. The number of nitrogens with zero attached hydrogens (tertiary/aromatic N) is 4. The number of aromatic nitrogens is 2. The molecule has 31 heavy (non-hydrogen) atoms. The minimum Gasteiger partial charge on any atom is -0.266 e. The first-order valence-corrected chi connectivity index (χ1v) is 9.95. The number of amides is 1. The van der Waals surface area contributed by atoms with E-state index in [1.54, 1.807) is 30.3 Å². The first-order chi connectivity index (χ1) is 14.7. The van der Waals surface area contributed by atoms with Crippen molar-refractivity contribution in [2.24, 2.45) is 5.10 Å². The third-order valence-corrected chi connectivity index (χ3v) is 5.53. The first kappa shape index (κ1) is 22.5. The van der Waals surface area contributed by atoms with Gasteiger partial charge < -0.3 is 0 Å². The summed E-state index contributed by atoms with van der Waals surface area (Å²) in [5.41, 5.74) is 3.23. The molecule has 0 radical (unpaired) electrons. The zero-order valence-corrected chi connectivity index (χ0v) is 18.5. The van der Waals surface area contributed by atoms with Gasteiger partial charge >= 0.3 is 0 Å². The molecule has 0 spiro atoms. The average molecular weight is 475 g/mol. The van der Waals surface area contributed by atoms with Crippen molar-refractivity contribution in [1.82, 2.24) is 15.2 Å². The number of nitrogens with one attached hydrogen (secondary N) is 1. The molecule has 2 aromatic carbocycles. The molecule has 156 valence electrons. The largest absolute Gasteiger partial charge is 0.292 e. The summed E-state index contributed by atoms with van der Waals surface area (Å²) in [5.74, 6) is -0.697. The minimum atomic E-state index is -0.697. The third kappa shape index (κ3) is 4.78. The highest BCUT2D eigenvalue weighted by molar-refractivity contribution is 6.42. The molecule has 7 nitrogen and oxygen atoms in total. The van der Waals surface area contributed by atoms with E-state index in [0.717, 1.165) is 10.2 Å². The lowest BCUT2D eigenvalue weighted by Crippen LogP contribution is -2.31. The summed E-state index contributed by atoms with van der Waals surface area (Å²) in [6.45, 7) is 3.28. The molecule has 10 heteroatoms. The minimum absolute atomic E-state index is 0.126. The van der Waals surface area contributed by atoms with Crippen molar-refractivity contribution in [2.45, 2.75) is 13.8 Å². The van der Waals surface area contributed by atoms with E-state index in [-0.39, 0.29) is 16.8 Å². The van der Waals surface area contributed by atoms with E-state index in [1.807, 2.05) is 13.0 Å². The number of hydrogen-bond acceptors (Lipinski definition) is 5. The van der Waals surface area contributed by atoms with Crippen molar-refractivity contribution in [3.8, 4) is 11.8 Å². The molecule has 0 aliphatic heterocycles. The molecular formula is C21H14Cl3N5O2. The summed E-state index contributed by atoms with van der Waals surface area (Å²) >= 11 is 18.0.